The van der Waals surface area contributed by atoms with E-state index in [0.717, 1.165) is 39.0 Å². The maximum atomic E-state index is 12.5. The minimum absolute atomic E-state index is 0.263. The van der Waals surface area contributed by atoms with Gasteiger partial charge in [-0.15, -0.1) is 0 Å². The van der Waals surface area contributed by atoms with Crippen molar-refractivity contribution < 1.29 is 23.8 Å². The van der Waals surface area contributed by atoms with Crippen LogP contribution in [0.15, 0.2) is 16.6 Å². The van der Waals surface area contributed by atoms with Crippen molar-refractivity contribution in [3.63, 3.8) is 0 Å². The number of alkyl carbamates (subject to hydrolysis) is 1. The molecule has 0 fully saturated rings. The number of nitrogens with zero attached hydrogens (tertiary/aromatic N) is 2. The molecule has 1 aromatic heterocycles. The third kappa shape index (κ3) is 4.61. The number of benzene rings is 1. The van der Waals surface area contributed by atoms with Crippen LogP contribution < -0.4 is 10.1 Å². The first-order valence-corrected chi connectivity index (χ1v) is 10.5. The van der Waals surface area contributed by atoms with E-state index in [4.69, 9.17) is 19.3 Å². The molecule has 0 atom stereocenters. The first-order valence-electron chi connectivity index (χ1n) is 9.66. The number of amides is 1. The number of hydrogen-bond donors (Lipinski definition) is 1. The van der Waals surface area contributed by atoms with E-state index < -0.39 is 17.7 Å². The summed E-state index contributed by atoms with van der Waals surface area (Å²) < 4.78 is 18.1. The van der Waals surface area contributed by atoms with Gasteiger partial charge in [-0.25, -0.2) is 9.59 Å². The van der Waals surface area contributed by atoms with Crippen molar-refractivity contribution >= 4 is 28.0 Å². The van der Waals surface area contributed by atoms with Crippen LogP contribution in [0.4, 0.5) is 4.79 Å². The Labute approximate surface area is 184 Å². The monoisotopic (exact) mass is 479 g/mol. The van der Waals surface area contributed by atoms with Gasteiger partial charge in [0.25, 0.3) is 0 Å². The zero-order valence-corrected chi connectivity index (χ0v) is 19.4. The van der Waals surface area contributed by atoms with Crippen molar-refractivity contribution in [2.24, 2.45) is 0 Å². The molecule has 1 aromatic carbocycles. The molecule has 1 amide bonds. The van der Waals surface area contributed by atoms with Gasteiger partial charge in [0.2, 0.25) is 0 Å². The second-order valence-corrected chi connectivity index (χ2v) is 8.82. The maximum Gasteiger partial charge on any atom is 0.407 e. The van der Waals surface area contributed by atoms with E-state index in [2.05, 4.69) is 21.2 Å². The molecule has 162 valence electrons. The molecule has 0 bridgehead atoms. The second-order valence-electron chi connectivity index (χ2n) is 7.96. The second kappa shape index (κ2) is 8.67. The van der Waals surface area contributed by atoms with Gasteiger partial charge in [-0.05, 0) is 67.2 Å². The predicted octanol–water partition coefficient (Wildman–Crippen LogP) is 3.73. The quantitative estimate of drug-likeness (QED) is 0.656. The first-order chi connectivity index (χ1) is 14.1. The van der Waals surface area contributed by atoms with Crippen molar-refractivity contribution in [2.45, 2.75) is 45.8 Å². The number of ether oxygens (including phenoxy) is 3. The summed E-state index contributed by atoms with van der Waals surface area (Å²) in [5.74, 6) is 0.309. The molecular weight excluding hydrogens is 454 g/mol. The highest BCUT2D eigenvalue weighted by atomic mass is 79.9. The molecule has 9 heteroatoms. The van der Waals surface area contributed by atoms with Gasteiger partial charge in [0.1, 0.15) is 17.0 Å². The summed E-state index contributed by atoms with van der Waals surface area (Å²) in [6, 6.07) is 3.95. The third-order valence-electron chi connectivity index (χ3n) is 4.70. The lowest BCUT2D eigenvalue weighted by Crippen LogP contribution is -2.34. The van der Waals surface area contributed by atoms with Crippen molar-refractivity contribution in [3.8, 4) is 17.0 Å². The SMILES string of the molecule is COC(=O)c1c2c(nn1CCNC(=O)OC(C)(C)C)-c1cc(Br)c(OC)cc1CC2. The van der Waals surface area contributed by atoms with Crippen LogP contribution in [-0.4, -0.2) is 48.2 Å². The molecule has 30 heavy (non-hydrogen) atoms. The molecule has 1 aliphatic rings. The lowest BCUT2D eigenvalue weighted by molar-refractivity contribution is 0.0525. The summed E-state index contributed by atoms with van der Waals surface area (Å²) >= 11 is 3.52. The lowest BCUT2D eigenvalue weighted by Gasteiger charge is -2.19. The Hall–Kier alpha value is -2.55. The van der Waals surface area contributed by atoms with Crippen LogP contribution in [0.3, 0.4) is 0 Å². The van der Waals surface area contributed by atoms with Gasteiger partial charge in [0.05, 0.1) is 30.9 Å². The number of aromatic nitrogens is 2. The number of fused-ring (bicyclic) bond motifs is 3. The van der Waals surface area contributed by atoms with Crippen molar-refractivity contribution in [1.29, 1.82) is 0 Å². The smallest absolute Gasteiger partial charge is 0.407 e. The Morgan fingerprint density at radius 1 is 1.23 bits per heavy atom. The molecule has 3 rings (SSSR count). The van der Waals surface area contributed by atoms with Gasteiger partial charge in [-0.3, -0.25) is 4.68 Å². The van der Waals surface area contributed by atoms with E-state index >= 15 is 0 Å². The van der Waals surface area contributed by atoms with Crippen molar-refractivity contribution in [2.75, 3.05) is 20.8 Å². The Balaban J connectivity index is 1.90. The van der Waals surface area contributed by atoms with E-state index in [1.165, 1.54) is 7.11 Å². The summed E-state index contributed by atoms with van der Waals surface area (Å²) in [5.41, 5.74) is 3.49. The minimum Gasteiger partial charge on any atom is -0.496 e. The maximum absolute atomic E-state index is 12.5. The van der Waals surface area contributed by atoms with Gasteiger partial charge in [0, 0.05) is 17.7 Å². The molecule has 0 spiro atoms. The lowest BCUT2D eigenvalue weighted by atomic mass is 9.89. The Morgan fingerprint density at radius 2 is 1.97 bits per heavy atom. The molecule has 0 aliphatic heterocycles. The molecule has 0 saturated heterocycles. The topological polar surface area (TPSA) is 91.7 Å². The fourth-order valence-electron chi connectivity index (χ4n) is 3.46. The molecule has 1 aliphatic carbocycles. The number of aryl methyl sites for hydroxylation is 1. The van der Waals surface area contributed by atoms with E-state index in [1.54, 1.807) is 32.6 Å². The number of carbonyl (C=O) groups is 2. The van der Waals surface area contributed by atoms with E-state index in [0.29, 0.717) is 18.7 Å². The van der Waals surface area contributed by atoms with Crippen LogP contribution in [0.1, 0.15) is 42.4 Å². The molecule has 2 aromatic rings. The molecule has 0 saturated carbocycles. The highest BCUT2D eigenvalue weighted by Crippen LogP contribution is 2.40. The van der Waals surface area contributed by atoms with E-state index in [-0.39, 0.29) is 6.54 Å². The van der Waals surface area contributed by atoms with Crippen LogP contribution in [-0.2, 0) is 28.9 Å². The van der Waals surface area contributed by atoms with Crippen LogP contribution in [0.2, 0.25) is 0 Å². The van der Waals surface area contributed by atoms with Gasteiger partial charge in [0.15, 0.2) is 0 Å². The molecule has 1 heterocycles. The average Bonchev–Trinajstić information content (AvgIpc) is 3.04. The number of rotatable bonds is 5. The molecule has 8 nitrogen and oxygen atoms in total. The molecular formula is C21H26BrN3O5. The summed E-state index contributed by atoms with van der Waals surface area (Å²) in [6.45, 7) is 5.97. The van der Waals surface area contributed by atoms with Crippen LogP contribution in [0, 0.1) is 0 Å². The normalized spacial score (nSPS) is 12.6. The minimum atomic E-state index is -0.579. The molecule has 0 unspecified atom stereocenters. The third-order valence-corrected chi connectivity index (χ3v) is 5.32. The van der Waals surface area contributed by atoms with Gasteiger partial charge in [-0.2, -0.15) is 5.10 Å². The number of esters is 1. The Bertz CT molecular complexity index is 978. The summed E-state index contributed by atoms with van der Waals surface area (Å²) in [6.07, 6.45) is 0.912. The first kappa shape index (κ1) is 22.1. The number of hydrogen-bond acceptors (Lipinski definition) is 6. The number of methoxy groups -OCH3 is 2. The molecule has 1 N–H and O–H groups in total. The standard InChI is InChI=1S/C21H26BrN3O5/c1-21(2,3)30-20(27)23-8-9-25-18(19(26)29-5)13-7-6-12-10-16(28-4)15(22)11-14(12)17(13)24-25/h10-11H,6-9H2,1-5H3,(H,23,27). The Morgan fingerprint density at radius 3 is 2.60 bits per heavy atom. The molecule has 0 radical (unpaired) electrons. The van der Waals surface area contributed by atoms with Gasteiger partial charge >= 0.3 is 12.1 Å². The zero-order chi connectivity index (χ0) is 22.1. The summed E-state index contributed by atoms with van der Waals surface area (Å²) in [7, 11) is 2.98. The largest absolute Gasteiger partial charge is 0.496 e. The van der Waals surface area contributed by atoms with Crippen molar-refractivity contribution in [1.82, 2.24) is 15.1 Å². The van der Waals surface area contributed by atoms with Gasteiger partial charge < -0.3 is 19.5 Å². The fraction of sp³-hybridized carbons (Fsp3) is 0.476. The summed E-state index contributed by atoms with van der Waals surface area (Å²) in [4.78, 5) is 24.4. The van der Waals surface area contributed by atoms with Crippen LogP contribution >= 0.6 is 15.9 Å². The summed E-state index contributed by atoms with van der Waals surface area (Å²) in [5, 5.41) is 7.39. The van der Waals surface area contributed by atoms with Crippen LogP contribution in [0.5, 0.6) is 5.75 Å². The van der Waals surface area contributed by atoms with Gasteiger partial charge in [-0.1, -0.05) is 0 Å². The average molecular weight is 480 g/mol. The number of carbonyl (C=O) groups excluding carboxylic acids is 2. The van der Waals surface area contributed by atoms with E-state index in [1.807, 2.05) is 12.1 Å². The zero-order valence-electron chi connectivity index (χ0n) is 17.8. The number of halogens is 1. The highest BCUT2D eigenvalue weighted by Gasteiger charge is 2.29. The van der Waals surface area contributed by atoms with Crippen molar-refractivity contribution in [3.05, 3.63) is 33.4 Å². The predicted molar refractivity (Wildman–Crippen MR) is 115 cm³/mol. The fourth-order valence-corrected chi connectivity index (χ4v) is 3.96. The van der Waals surface area contributed by atoms with E-state index in [9.17, 15) is 9.59 Å². The number of nitrogens with one attached hydrogen (secondary N) is 1. The Kier molecular flexibility index (Phi) is 6.40. The highest BCUT2D eigenvalue weighted by molar-refractivity contribution is 9.10. The van der Waals surface area contributed by atoms with Crippen LogP contribution in [0.25, 0.3) is 11.3 Å².